The highest BCUT2D eigenvalue weighted by Crippen LogP contribution is 2.31. The van der Waals surface area contributed by atoms with Gasteiger partial charge in [0.15, 0.2) is 0 Å². The molecule has 2 heterocycles. The molecule has 3 rings (SSSR count). The van der Waals surface area contributed by atoms with E-state index in [1.54, 1.807) is 11.6 Å². The van der Waals surface area contributed by atoms with E-state index in [0.717, 1.165) is 24.3 Å². The molecule has 0 bridgehead atoms. The molecule has 24 heavy (non-hydrogen) atoms. The first-order valence-electron chi connectivity index (χ1n) is 7.00. The van der Waals surface area contributed by atoms with Crippen molar-refractivity contribution in [3.8, 4) is 5.19 Å². The van der Waals surface area contributed by atoms with Crippen LogP contribution in [0, 0.1) is 0 Å². The fourth-order valence-corrected chi connectivity index (χ4v) is 4.43. The topological polar surface area (TPSA) is 59.5 Å². The van der Waals surface area contributed by atoms with E-state index in [2.05, 4.69) is 4.98 Å². The van der Waals surface area contributed by atoms with Crippen LogP contribution in [-0.2, 0) is 16.2 Å². The molecule has 0 N–H and O–H groups in total. The van der Waals surface area contributed by atoms with Crippen LogP contribution in [0.5, 0.6) is 5.19 Å². The Balaban J connectivity index is 1.72. The predicted octanol–water partition coefficient (Wildman–Crippen LogP) is 3.00. The van der Waals surface area contributed by atoms with Crippen LogP contribution in [0.25, 0.3) is 0 Å². The lowest BCUT2D eigenvalue weighted by molar-refractivity contribution is -0.137. The molecular formula is C14H13F3N2O3S2. The summed E-state index contributed by atoms with van der Waals surface area (Å²) in [6.07, 6.45) is -2.73. The van der Waals surface area contributed by atoms with Crippen molar-refractivity contribution in [3.63, 3.8) is 0 Å². The molecule has 1 fully saturated rings. The number of ether oxygens (including phenoxy) is 1. The fourth-order valence-electron chi connectivity index (χ4n) is 2.39. The number of hydrogen-bond acceptors (Lipinski definition) is 5. The normalized spacial score (nSPS) is 19.5. The van der Waals surface area contributed by atoms with Crippen LogP contribution in [0.4, 0.5) is 13.2 Å². The Morgan fingerprint density at radius 2 is 1.96 bits per heavy atom. The molecule has 0 aliphatic carbocycles. The maximum absolute atomic E-state index is 12.6. The quantitative estimate of drug-likeness (QED) is 0.821. The Kier molecular flexibility index (Phi) is 4.54. The summed E-state index contributed by atoms with van der Waals surface area (Å²) in [5.41, 5.74) is -0.882. The van der Waals surface area contributed by atoms with Gasteiger partial charge in [-0.15, -0.1) is 0 Å². The second-order valence-corrected chi connectivity index (χ2v) is 8.01. The zero-order valence-electron chi connectivity index (χ0n) is 12.2. The number of hydrogen-bond donors (Lipinski definition) is 0. The van der Waals surface area contributed by atoms with Crippen LogP contribution >= 0.6 is 11.3 Å². The number of thiazole rings is 1. The minimum absolute atomic E-state index is 0.142. The summed E-state index contributed by atoms with van der Waals surface area (Å²) in [5, 5.41) is 2.22. The summed E-state index contributed by atoms with van der Waals surface area (Å²) in [6, 6.07) is 3.50. The van der Waals surface area contributed by atoms with Crippen LogP contribution in [0.15, 0.2) is 40.7 Å². The van der Waals surface area contributed by atoms with Gasteiger partial charge in [-0.3, -0.25) is 0 Å². The molecule has 10 heteroatoms. The molecule has 5 nitrogen and oxygen atoms in total. The van der Waals surface area contributed by atoms with Crippen LogP contribution in [0.3, 0.4) is 0 Å². The average molecular weight is 378 g/mol. The molecule has 2 aromatic rings. The second-order valence-electron chi connectivity index (χ2n) is 5.21. The SMILES string of the molecule is O=S(=O)(c1ccc(C(F)(F)F)cc1)N1CCC(Oc2nccs2)C1. The molecule has 1 aromatic heterocycles. The predicted molar refractivity (Wildman–Crippen MR) is 81.3 cm³/mol. The number of rotatable bonds is 4. The van der Waals surface area contributed by atoms with Gasteiger partial charge < -0.3 is 4.74 Å². The third-order valence-corrected chi connectivity index (χ3v) is 6.14. The highest BCUT2D eigenvalue weighted by atomic mass is 32.2. The monoisotopic (exact) mass is 378 g/mol. The van der Waals surface area contributed by atoms with Crippen molar-refractivity contribution in [1.29, 1.82) is 0 Å². The maximum atomic E-state index is 12.6. The lowest BCUT2D eigenvalue weighted by atomic mass is 10.2. The highest BCUT2D eigenvalue weighted by molar-refractivity contribution is 7.89. The molecule has 1 aromatic carbocycles. The van der Waals surface area contributed by atoms with Crippen LogP contribution in [-0.4, -0.2) is 36.9 Å². The molecule has 130 valence electrons. The standard InChI is InChI=1S/C14H13F3N2O3S2/c15-14(16,17)10-1-3-12(4-2-10)24(20,21)19-7-5-11(9-19)22-13-18-6-8-23-13/h1-4,6,8,11H,5,7,9H2. The zero-order chi connectivity index (χ0) is 17.4. The van der Waals surface area contributed by atoms with Crippen molar-refractivity contribution in [1.82, 2.24) is 9.29 Å². The van der Waals surface area contributed by atoms with E-state index in [1.165, 1.54) is 15.6 Å². The van der Waals surface area contributed by atoms with Gasteiger partial charge in [-0.05, 0) is 30.7 Å². The van der Waals surface area contributed by atoms with Gasteiger partial charge in [0.1, 0.15) is 6.10 Å². The third kappa shape index (κ3) is 3.55. The number of aromatic nitrogens is 1. The van der Waals surface area contributed by atoms with Crippen LogP contribution < -0.4 is 4.74 Å². The Hall–Kier alpha value is -1.65. The van der Waals surface area contributed by atoms with Gasteiger partial charge in [0.05, 0.1) is 17.0 Å². The van der Waals surface area contributed by atoms with Crippen molar-refractivity contribution >= 4 is 21.4 Å². The van der Waals surface area contributed by atoms with Gasteiger partial charge in [-0.1, -0.05) is 11.3 Å². The first-order chi connectivity index (χ1) is 11.3. The smallest absolute Gasteiger partial charge is 0.416 e. The van der Waals surface area contributed by atoms with Gasteiger partial charge in [0, 0.05) is 18.1 Å². The molecule has 0 amide bonds. The second kappa shape index (κ2) is 6.34. The van der Waals surface area contributed by atoms with Crippen molar-refractivity contribution < 1.29 is 26.3 Å². The number of halogens is 3. The largest absolute Gasteiger partial charge is 0.465 e. The van der Waals surface area contributed by atoms with Crippen LogP contribution in [0.2, 0.25) is 0 Å². The molecule has 1 unspecified atom stereocenters. The lowest BCUT2D eigenvalue weighted by Crippen LogP contribution is -2.31. The van der Waals surface area contributed by atoms with Crippen molar-refractivity contribution in [3.05, 3.63) is 41.4 Å². The van der Waals surface area contributed by atoms with E-state index in [9.17, 15) is 21.6 Å². The van der Waals surface area contributed by atoms with Crippen molar-refractivity contribution in [2.45, 2.75) is 23.6 Å². The molecular weight excluding hydrogens is 365 g/mol. The Labute approximate surface area is 140 Å². The summed E-state index contributed by atoms with van der Waals surface area (Å²) in [7, 11) is -3.84. The Morgan fingerprint density at radius 3 is 2.54 bits per heavy atom. The molecule has 1 aliphatic rings. The average Bonchev–Trinajstić information content (AvgIpc) is 3.19. The van der Waals surface area contributed by atoms with E-state index < -0.39 is 21.8 Å². The summed E-state index contributed by atoms with van der Waals surface area (Å²) in [5.74, 6) is 0. The molecule has 1 atom stereocenters. The molecule has 0 radical (unpaired) electrons. The first kappa shape index (κ1) is 17.2. The van der Waals surface area contributed by atoms with Gasteiger partial charge >= 0.3 is 6.18 Å². The minimum atomic E-state index is -4.50. The lowest BCUT2D eigenvalue weighted by Gasteiger charge is -2.17. The van der Waals surface area contributed by atoms with E-state index in [-0.39, 0.29) is 24.1 Å². The van der Waals surface area contributed by atoms with Crippen molar-refractivity contribution in [2.75, 3.05) is 13.1 Å². The number of nitrogens with zero attached hydrogens (tertiary/aromatic N) is 2. The van der Waals surface area contributed by atoms with E-state index in [0.29, 0.717) is 11.6 Å². The molecule has 1 aliphatic heterocycles. The van der Waals surface area contributed by atoms with Gasteiger partial charge in [0.2, 0.25) is 10.0 Å². The molecule has 0 saturated carbocycles. The fraction of sp³-hybridized carbons (Fsp3) is 0.357. The molecule has 1 saturated heterocycles. The highest BCUT2D eigenvalue weighted by Gasteiger charge is 2.35. The number of benzene rings is 1. The van der Waals surface area contributed by atoms with Gasteiger partial charge in [0.25, 0.3) is 5.19 Å². The third-order valence-electron chi connectivity index (χ3n) is 3.60. The Bertz CT molecular complexity index is 790. The number of alkyl halides is 3. The Morgan fingerprint density at radius 1 is 1.25 bits per heavy atom. The van der Waals surface area contributed by atoms with E-state index in [4.69, 9.17) is 4.74 Å². The van der Waals surface area contributed by atoms with E-state index >= 15 is 0 Å². The van der Waals surface area contributed by atoms with Gasteiger partial charge in [-0.2, -0.15) is 17.5 Å². The summed E-state index contributed by atoms with van der Waals surface area (Å²) >= 11 is 1.31. The minimum Gasteiger partial charge on any atom is -0.465 e. The van der Waals surface area contributed by atoms with Crippen LogP contribution in [0.1, 0.15) is 12.0 Å². The maximum Gasteiger partial charge on any atom is 0.416 e. The molecule has 0 spiro atoms. The summed E-state index contributed by atoms with van der Waals surface area (Å²) < 4.78 is 69.6. The zero-order valence-corrected chi connectivity index (χ0v) is 13.9. The first-order valence-corrected chi connectivity index (χ1v) is 9.32. The summed E-state index contributed by atoms with van der Waals surface area (Å²) in [4.78, 5) is 3.82. The van der Waals surface area contributed by atoms with Crippen molar-refractivity contribution in [2.24, 2.45) is 0 Å². The van der Waals surface area contributed by atoms with E-state index in [1.807, 2.05) is 0 Å². The van der Waals surface area contributed by atoms with Gasteiger partial charge in [-0.25, -0.2) is 13.4 Å². The summed E-state index contributed by atoms with van der Waals surface area (Å²) in [6.45, 7) is 0.391. The number of sulfonamides is 1.